The quantitative estimate of drug-likeness (QED) is 0.866. The van der Waals surface area contributed by atoms with Crippen molar-refractivity contribution in [2.75, 3.05) is 13.7 Å². The summed E-state index contributed by atoms with van der Waals surface area (Å²) in [5, 5.41) is 3.19. The molecule has 4 heteroatoms. The zero-order valence-corrected chi connectivity index (χ0v) is 14.2. The van der Waals surface area contributed by atoms with Crippen molar-refractivity contribution in [3.05, 3.63) is 28.2 Å². The SMILES string of the molecule is CNCc1cccc(Br)c1OCC1CCC2(CCCC2)O1. The van der Waals surface area contributed by atoms with E-state index >= 15 is 0 Å². The van der Waals surface area contributed by atoms with Gasteiger partial charge < -0.3 is 14.8 Å². The third-order valence-corrected chi connectivity index (χ3v) is 5.31. The molecule has 116 valence electrons. The summed E-state index contributed by atoms with van der Waals surface area (Å²) in [5.74, 6) is 0.947. The average Bonchev–Trinajstić information content (AvgIpc) is 3.09. The normalized spacial score (nSPS) is 23.8. The molecule has 2 fully saturated rings. The molecule has 1 heterocycles. The van der Waals surface area contributed by atoms with E-state index < -0.39 is 0 Å². The van der Waals surface area contributed by atoms with Crippen LogP contribution in [-0.2, 0) is 11.3 Å². The molecular formula is C17H24BrNO2. The number of rotatable bonds is 5. The van der Waals surface area contributed by atoms with Crippen LogP contribution in [0.1, 0.15) is 44.1 Å². The van der Waals surface area contributed by atoms with E-state index in [1.54, 1.807) is 0 Å². The molecule has 3 nitrogen and oxygen atoms in total. The van der Waals surface area contributed by atoms with Crippen molar-refractivity contribution in [1.29, 1.82) is 0 Å². The molecule has 1 aliphatic heterocycles. The highest BCUT2D eigenvalue weighted by molar-refractivity contribution is 9.10. The number of benzene rings is 1. The number of nitrogens with one attached hydrogen (secondary N) is 1. The molecular weight excluding hydrogens is 330 g/mol. The van der Waals surface area contributed by atoms with Gasteiger partial charge in [0.05, 0.1) is 16.2 Å². The van der Waals surface area contributed by atoms with Gasteiger partial charge in [0.2, 0.25) is 0 Å². The second-order valence-corrected chi connectivity index (χ2v) is 7.09. The lowest BCUT2D eigenvalue weighted by Crippen LogP contribution is -2.27. The van der Waals surface area contributed by atoms with Gasteiger partial charge in [0, 0.05) is 12.1 Å². The van der Waals surface area contributed by atoms with Crippen molar-refractivity contribution in [2.24, 2.45) is 0 Å². The van der Waals surface area contributed by atoms with Crippen LogP contribution in [0.2, 0.25) is 0 Å². The third-order valence-electron chi connectivity index (χ3n) is 4.68. The van der Waals surface area contributed by atoms with E-state index in [1.165, 1.54) is 37.7 Å². The summed E-state index contributed by atoms with van der Waals surface area (Å²) in [6, 6.07) is 6.18. The van der Waals surface area contributed by atoms with Gasteiger partial charge >= 0.3 is 0 Å². The van der Waals surface area contributed by atoms with Gasteiger partial charge in [-0.1, -0.05) is 25.0 Å². The highest BCUT2D eigenvalue weighted by Crippen LogP contribution is 2.43. The average molecular weight is 354 g/mol. The van der Waals surface area contributed by atoms with E-state index in [0.717, 1.165) is 23.2 Å². The van der Waals surface area contributed by atoms with Crippen molar-refractivity contribution in [3.8, 4) is 5.75 Å². The number of hydrogen-bond donors (Lipinski definition) is 1. The lowest BCUT2D eigenvalue weighted by Gasteiger charge is -2.24. The Morgan fingerprint density at radius 3 is 2.90 bits per heavy atom. The van der Waals surface area contributed by atoms with Crippen molar-refractivity contribution >= 4 is 15.9 Å². The van der Waals surface area contributed by atoms with Crippen LogP contribution in [0.3, 0.4) is 0 Å². The molecule has 1 saturated heterocycles. The predicted octanol–water partition coefficient (Wildman–Crippen LogP) is 4.04. The van der Waals surface area contributed by atoms with E-state index in [-0.39, 0.29) is 11.7 Å². The molecule has 1 aromatic carbocycles. The summed E-state index contributed by atoms with van der Waals surface area (Å²) in [6.07, 6.45) is 7.71. The first kappa shape index (κ1) is 15.3. The van der Waals surface area contributed by atoms with Crippen molar-refractivity contribution in [2.45, 2.75) is 56.8 Å². The molecule has 1 saturated carbocycles. The van der Waals surface area contributed by atoms with Gasteiger partial charge in [0.25, 0.3) is 0 Å². The van der Waals surface area contributed by atoms with Crippen LogP contribution in [0.5, 0.6) is 5.75 Å². The van der Waals surface area contributed by atoms with Crippen LogP contribution in [0.4, 0.5) is 0 Å². The Morgan fingerprint density at radius 1 is 1.33 bits per heavy atom. The largest absolute Gasteiger partial charge is 0.489 e. The van der Waals surface area contributed by atoms with E-state index in [1.807, 2.05) is 19.2 Å². The molecule has 21 heavy (non-hydrogen) atoms. The molecule has 2 aliphatic rings. The van der Waals surface area contributed by atoms with Crippen LogP contribution in [-0.4, -0.2) is 25.4 Å². The first-order chi connectivity index (χ1) is 10.2. The highest BCUT2D eigenvalue weighted by Gasteiger charge is 2.42. The number of ether oxygens (including phenoxy) is 2. The Hall–Kier alpha value is -0.580. The maximum atomic E-state index is 6.32. The predicted molar refractivity (Wildman–Crippen MR) is 87.7 cm³/mol. The Bertz CT molecular complexity index is 486. The Balaban J connectivity index is 1.60. The minimum Gasteiger partial charge on any atom is -0.489 e. The highest BCUT2D eigenvalue weighted by atomic mass is 79.9. The molecule has 3 rings (SSSR count). The van der Waals surface area contributed by atoms with Crippen molar-refractivity contribution < 1.29 is 9.47 Å². The number of halogens is 1. The minimum atomic E-state index is 0.190. The summed E-state index contributed by atoms with van der Waals surface area (Å²) in [7, 11) is 1.95. The smallest absolute Gasteiger partial charge is 0.138 e. The minimum absolute atomic E-state index is 0.190. The first-order valence-electron chi connectivity index (χ1n) is 7.95. The Morgan fingerprint density at radius 2 is 2.14 bits per heavy atom. The van der Waals surface area contributed by atoms with Gasteiger partial charge in [-0.2, -0.15) is 0 Å². The molecule has 0 bridgehead atoms. The topological polar surface area (TPSA) is 30.5 Å². The fourth-order valence-corrected chi connectivity index (χ4v) is 4.14. The van der Waals surface area contributed by atoms with E-state index in [4.69, 9.17) is 9.47 Å². The maximum absolute atomic E-state index is 6.32. The fourth-order valence-electron chi connectivity index (χ4n) is 3.62. The van der Waals surface area contributed by atoms with Gasteiger partial charge in [0.1, 0.15) is 12.4 Å². The maximum Gasteiger partial charge on any atom is 0.138 e. The molecule has 1 spiro atoms. The summed E-state index contributed by atoms with van der Waals surface area (Å²) < 4.78 is 13.4. The van der Waals surface area contributed by atoms with E-state index in [9.17, 15) is 0 Å². The molecule has 0 aromatic heterocycles. The summed E-state index contributed by atoms with van der Waals surface area (Å²) >= 11 is 3.59. The van der Waals surface area contributed by atoms with Crippen LogP contribution >= 0.6 is 15.9 Å². The van der Waals surface area contributed by atoms with E-state index in [0.29, 0.717) is 6.61 Å². The Kier molecular flexibility index (Phi) is 4.87. The third kappa shape index (κ3) is 3.43. The molecule has 0 amide bonds. The molecule has 1 aliphatic carbocycles. The zero-order valence-electron chi connectivity index (χ0n) is 12.7. The van der Waals surface area contributed by atoms with Crippen molar-refractivity contribution in [1.82, 2.24) is 5.32 Å². The number of para-hydroxylation sites is 1. The van der Waals surface area contributed by atoms with Crippen LogP contribution in [0.25, 0.3) is 0 Å². The summed E-state index contributed by atoms with van der Waals surface area (Å²) in [6.45, 7) is 1.46. The summed E-state index contributed by atoms with van der Waals surface area (Å²) in [5.41, 5.74) is 1.37. The van der Waals surface area contributed by atoms with Gasteiger partial charge in [-0.25, -0.2) is 0 Å². The monoisotopic (exact) mass is 353 g/mol. The Labute approximate surface area is 135 Å². The van der Waals surface area contributed by atoms with Gasteiger partial charge in [-0.3, -0.25) is 0 Å². The lowest BCUT2D eigenvalue weighted by molar-refractivity contribution is -0.0510. The summed E-state index contributed by atoms with van der Waals surface area (Å²) in [4.78, 5) is 0. The standard InChI is InChI=1S/C17H24BrNO2/c1-19-11-13-5-4-6-15(18)16(13)20-12-14-7-10-17(21-14)8-2-3-9-17/h4-6,14,19H,2-3,7-12H2,1H3. The molecule has 0 radical (unpaired) electrons. The molecule has 1 atom stereocenters. The number of hydrogen-bond acceptors (Lipinski definition) is 3. The molecule has 1 unspecified atom stereocenters. The van der Waals surface area contributed by atoms with Crippen LogP contribution in [0.15, 0.2) is 22.7 Å². The van der Waals surface area contributed by atoms with Crippen LogP contribution < -0.4 is 10.1 Å². The van der Waals surface area contributed by atoms with Gasteiger partial charge in [-0.05, 0) is 54.7 Å². The van der Waals surface area contributed by atoms with Gasteiger partial charge in [-0.15, -0.1) is 0 Å². The second-order valence-electron chi connectivity index (χ2n) is 6.24. The second kappa shape index (κ2) is 6.67. The molecule has 1 N–H and O–H groups in total. The zero-order chi connectivity index (χ0) is 14.7. The fraction of sp³-hybridized carbons (Fsp3) is 0.647. The van der Waals surface area contributed by atoms with Crippen molar-refractivity contribution in [3.63, 3.8) is 0 Å². The first-order valence-corrected chi connectivity index (χ1v) is 8.74. The van der Waals surface area contributed by atoms with Gasteiger partial charge in [0.15, 0.2) is 0 Å². The molecule has 1 aromatic rings. The van der Waals surface area contributed by atoms with E-state index in [2.05, 4.69) is 27.3 Å². The lowest BCUT2D eigenvalue weighted by atomic mass is 9.98. The van der Waals surface area contributed by atoms with Crippen LogP contribution in [0, 0.1) is 0 Å².